The Labute approximate surface area is 237 Å². The Morgan fingerprint density at radius 2 is 1.77 bits per heavy atom. The van der Waals surface area contributed by atoms with E-state index in [2.05, 4.69) is 17.2 Å². The van der Waals surface area contributed by atoms with Crippen LogP contribution < -0.4 is 10.0 Å². The third kappa shape index (κ3) is 10.0. The number of ether oxygens (including phenoxy) is 1. The second-order valence-electron chi connectivity index (χ2n) is 10.7. The Morgan fingerprint density at radius 1 is 1.05 bits per heavy atom. The summed E-state index contributed by atoms with van der Waals surface area (Å²) in [5.41, 5.74) is 0.912. The van der Waals surface area contributed by atoms with Crippen LogP contribution in [-0.2, 0) is 26.0 Å². The third-order valence-electron chi connectivity index (χ3n) is 7.18. The van der Waals surface area contributed by atoms with E-state index in [0.29, 0.717) is 25.3 Å². The van der Waals surface area contributed by atoms with Gasteiger partial charge >= 0.3 is 5.97 Å². The number of carbonyl (C=O) groups excluding carboxylic acids is 3. The summed E-state index contributed by atoms with van der Waals surface area (Å²) in [5, 5.41) is 2.95. The number of nitrogens with zero attached hydrogens (tertiary/aromatic N) is 1. The van der Waals surface area contributed by atoms with Crippen molar-refractivity contribution >= 4 is 27.8 Å². The molecule has 2 amide bonds. The number of nitrogens with one attached hydrogen (secondary N) is 2. The lowest BCUT2D eigenvalue weighted by Crippen LogP contribution is -2.30. The van der Waals surface area contributed by atoms with E-state index in [9.17, 15) is 22.8 Å². The fourth-order valence-corrected chi connectivity index (χ4v) is 5.70. The molecule has 1 aromatic carbocycles. The van der Waals surface area contributed by atoms with Crippen molar-refractivity contribution in [1.82, 2.24) is 15.0 Å². The van der Waals surface area contributed by atoms with Crippen LogP contribution in [0.4, 0.5) is 0 Å². The first-order chi connectivity index (χ1) is 19.2. The number of esters is 1. The van der Waals surface area contributed by atoms with Crippen molar-refractivity contribution in [1.29, 1.82) is 0 Å². The van der Waals surface area contributed by atoms with Crippen molar-refractivity contribution in [3.05, 3.63) is 59.4 Å². The van der Waals surface area contributed by atoms with Gasteiger partial charge in [0.15, 0.2) is 0 Å². The average Bonchev–Trinajstić information content (AvgIpc) is 2.95. The Balaban J connectivity index is 1.46. The highest BCUT2D eigenvalue weighted by Crippen LogP contribution is 2.26. The van der Waals surface area contributed by atoms with Gasteiger partial charge in [-0.25, -0.2) is 22.9 Å². The number of hydrogen-bond donors (Lipinski definition) is 2. The topological polar surface area (TPSA) is 132 Å². The molecule has 2 aromatic rings. The molecule has 2 N–H and O–H groups in total. The van der Waals surface area contributed by atoms with Gasteiger partial charge < -0.3 is 10.1 Å². The van der Waals surface area contributed by atoms with Gasteiger partial charge in [-0.1, -0.05) is 58.1 Å². The molecule has 0 saturated heterocycles. The van der Waals surface area contributed by atoms with Gasteiger partial charge in [-0.2, -0.15) is 0 Å². The predicted molar refractivity (Wildman–Crippen MR) is 152 cm³/mol. The fraction of sp³-hybridized carbons (Fsp3) is 0.533. The zero-order chi connectivity index (χ0) is 29.0. The van der Waals surface area contributed by atoms with Crippen molar-refractivity contribution in [3.63, 3.8) is 0 Å². The van der Waals surface area contributed by atoms with Crippen LogP contribution in [0.3, 0.4) is 0 Å². The summed E-state index contributed by atoms with van der Waals surface area (Å²) in [5.74, 6) is -0.667. The highest BCUT2D eigenvalue weighted by molar-refractivity contribution is 7.90. The third-order valence-corrected chi connectivity index (χ3v) is 8.53. The van der Waals surface area contributed by atoms with Gasteiger partial charge in [0.05, 0.1) is 17.1 Å². The minimum atomic E-state index is -4.12. The fourth-order valence-electron chi connectivity index (χ4n) is 4.72. The van der Waals surface area contributed by atoms with Crippen LogP contribution in [0.2, 0.25) is 0 Å². The molecule has 1 fully saturated rings. The van der Waals surface area contributed by atoms with E-state index >= 15 is 0 Å². The van der Waals surface area contributed by atoms with Crippen LogP contribution in [0.5, 0.6) is 0 Å². The molecule has 1 unspecified atom stereocenters. The van der Waals surface area contributed by atoms with Crippen molar-refractivity contribution in [3.8, 4) is 0 Å². The summed E-state index contributed by atoms with van der Waals surface area (Å²) < 4.78 is 32.8. The van der Waals surface area contributed by atoms with Gasteiger partial charge in [-0.3, -0.25) is 9.59 Å². The molecule has 1 aromatic heterocycles. The van der Waals surface area contributed by atoms with E-state index < -0.39 is 21.9 Å². The van der Waals surface area contributed by atoms with E-state index in [0.717, 1.165) is 43.9 Å². The van der Waals surface area contributed by atoms with E-state index in [1.807, 2.05) is 11.6 Å². The van der Waals surface area contributed by atoms with E-state index in [-0.39, 0.29) is 34.6 Å². The Kier molecular flexibility index (Phi) is 12.1. The maximum atomic E-state index is 12.7. The van der Waals surface area contributed by atoms with Crippen molar-refractivity contribution in [2.75, 3.05) is 13.2 Å². The average molecular weight is 572 g/mol. The molecule has 1 saturated carbocycles. The first-order valence-electron chi connectivity index (χ1n) is 14.2. The molecule has 3 rings (SSSR count). The quantitative estimate of drug-likeness (QED) is 0.311. The van der Waals surface area contributed by atoms with Gasteiger partial charge in [0.25, 0.3) is 15.9 Å². The Morgan fingerprint density at radius 3 is 2.42 bits per heavy atom. The number of sulfonamides is 1. The molecule has 1 atom stereocenters. The van der Waals surface area contributed by atoms with Gasteiger partial charge in [0, 0.05) is 19.2 Å². The van der Waals surface area contributed by atoms with Gasteiger partial charge in [-0.05, 0) is 67.3 Å². The minimum absolute atomic E-state index is 0.00275. The molecule has 0 aliphatic heterocycles. The van der Waals surface area contributed by atoms with Crippen LogP contribution in [0.25, 0.3) is 0 Å². The van der Waals surface area contributed by atoms with Crippen LogP contribution in [0.1, 0.15) is 98.0 Å². The summed E-state index contributed by atoms with van der Waals surface area (Å²) in [6.45, 7) is 4.87. The molecule has 9 nitrogen and oxygen atoms in total. The standard InChI is InChI=1S/C30H41N3O6S/c1-3-4-8-22(2)21-39-30(36)27-16-13-25(20-32-27)29(35)33-40(37,38)26-14-11-23(12-15-26)17-18-31-28(34)19-24-9-6-5-7-10-24/h11-16,20,22,24H,3-10,17-19,21H2,1-2H3,(H,31,34)(H,33,35). The number of benzene rings is 1. The number of rotatable bonds is 14. The number of hydrogen-bond acceptors (Lipinski definition) is 7. The van der Waals surface area contributed by atoms with Crippen LogP contribution >= 0.6 is 0 Å². The summed E-state index contributed by atoms with van der Waals surface area (Å²) >= 11 is 0. The van der Waals surface area contributed by atoms with Gasteiger partial charge in [0.2, 0.25) is 5.91 Å². The molecule has 0 spiro atoms. The smallest absolute Gasteiger partial charge is 0.356 e. The minimum Gasteiger partial charge on any atom is -0.461 e. The molecule has 1 aliphatic carbocycles. The second-order valence-corrected chi connectivity index (χ2v) is 12.3. The number of amides is 2. The van der Waals surface area contributed by atoms with Crippen LogP contribution in [0, 0.1) is 11.8 Å². The molecular formula is C30H41N3O6S. The zero-order valence-corrected chi connectivity index (χ0v) is 24.3. The molecule has 0 bridgehead atoms. The monoisotopic (exact) mass is 571 g/mol. The largest absolute Gasteiger partial charge is 0.461 e. The van der Waals surface area contributed by atoms with Crippen molar-refractivity contribution in [2.24, 2.45) is 11.8 Å². The molecule has 10 heteroatoms. The number of pyridine rings is 1. The van der Waals surface area contributed by atoms with Crippen molar-refractivity contribution in [2.45, 2.75) is 83.0 Å². The Bertz CT molecular complexity index is 1220. The summed E-state index contributed by atoms with van der Waals surface area (Å²) in [4.78, 5) is 40.9. The highest BCUT2D eigenvalue weighted by Gasteiger charge is 2.20. The first-order valence-corrected chi connectivity index (χ1v) is 15.7. The lowest BCUT2D eigenvalue weighted by molar-refractivity contribution is -0.122. The van der Waals surface area contributed by atoms with Crippen molar-refractivity contribution < 1.29 is 27.5 Å². The number of carbonyl (C=O) groups is 3. The Hall–Kier alpha value is -3.27. The summed E-state index contributed by atoms with van der Waals surface area (Å²) in [7, 11) is -4.12. The molecular weight excluding hydrogens is 530 g/mol. The molecule has 218 valence electrons. The highest BCUT2D eigenvalue weighted by atomic mass is 32.2. The van der Waals surface area contributed by atoms with E-state index in [1.54, 1.807) is 12.1 Å². The maximum Gasteiger partial charge on any atom is 0.356 e. The van der Waals surface area contributed by atoms with Gasteiger partial charge in [-0.15, -0.1) is 0 Å². The number of unbranched alkanes of at least 4 members (excludes halogenated alkanes) is 1. The van der Waals surface area contributed by atoms with Crippen LogP contribution in [-0.4, -0.2) is 44.3 Å². The maximum absolute atomic E-state index is 12.7. The predicted octanol–water partition coefficient (Wildman–Crippen LogP) is 4.81. The normalized spacial score (nSPS) is 14.8. The summed E-state index contributed by atoms with van der Waals surface area (Å²) in [6.07, 6.45) is 11.3. The second kappa shape index (κ2) is 15.5. The molecule has 1 aliphatic rings. The SMILES string of the molecule is CCCCC(C)COC(=O)c1ccc(C(=O)NS(=O)(=O)c2ccc(CCNC(=O)CC3CCCCC3)cc2)cn1. The first kappa shape index (κ1) is 31.3. The van der Waals surface area contributed by atoms with E-state index in [4.69, 9.17) is 4.74 Å². The molecule has 40 heavy (non-hydrogen) atoms. The molecule has 0 radical (unpaired) electrons. The molecule has 1 heterocycles. The van der Waals surface area contributed by atoms with E-state index in [1.165, 1.54) is 43.5 Å². The van der Waals surface area contributed by atoms with Gasteiger partial charge in [0.1, 0.15) is 5.69 Å². The lowest BCUT2D eigenvalue weighted by Gasteiger charge is -2.20. The number of aromatic nitrogens is 1. The lowest BCUT2D eigenvalue weighted by atomic mass is 9.87. The summed E-state index contributed by atoms with van der Waals surface area (Å²) in [6, 6.07) is 8.85. The zero-order valence-electron chi connectivity index (χ0n) is 23.5. The van der Waals surface area contributed by atoms with Crippen LogP contribution in [0.15, 0.2) is 47.5 Å².